The van der Waals surface area contributed by atoms with Crippen molar-refractivity contribution in [2.45, 2.75) is 31.6 Å². The van der Waals surface area contributed by atoms with Gasteiger partial charge in [0.1, 0.15) is 0 Å². The molecule has 2 aromatic heterocycles. The summed E-state index contributed by atoms with van der Waals surface area (Å²) in [6.45, 7) is 3.95. The minimum absolute atomic E-state index is 0.00929. The van der Waals surface area contributed by atoms with E-state index in [1.54, 1.807) is 0 Å². The Morgan fingerprint density at radius 1 is 0.556 bits per heavy atom. The van der Waals surface area contributed by atoms with Crippen LogP contribution in [0.4, 0.5) is 26.3 Å². The van der Waals surface area contributed by atoms with Gasteiger partial charge >= 0.3 is 12.4 Å². The molecular formula is C33H16F6O4S2. The zero-order valence-electron chi connectivity index (χ0n) is 23.0. The zero-order valence-corrected chi connectivity index (χ0v) is 24.6. The van der Waals surface area contributed by atoms with E-state index in [-0.39, 0.29) is 33.4 Å². The predicted octanol–water partition coefficient (Wildman–Crippen LogP) is 8.77. The number of alkyl halides is 6. The molecule has 12 heteroatoms. The quantitative estimate of drug-likeness (QED) is 0.123. The second-order valence-corrected chi connectivity index (χ2v) is 13.5. The highest BCUT2D eigenvalue weighted by atomic mass is 32.1. The highest BCUT2D eigenvalue weighted by Crippen LogP contribution is 2.56. The normalized spacial score (nSPS) is 18.7. The van der Waals surface area contributed by atoms with Crippen LogP contribution >= 0.6 is 22.7 Å². The summed E-state index contributed by atoms with van der Waals surface area (Å²) < 4.78 is 79.2. The summed E-state index contributed by atoms with van der Waals surface area (Å²) in [6, 6.07) is 9.05. The molecule has 0 amide bonds. The summed E-state index contributed by atoms with van der Waals surface area (Å²) >= 11 is 2.66. The van der Waals surface area contributed by atoms with E-state index in [1.165, 1.54) is 34.8 Å². The lowest BCUT2D eigenvalue weighted by molar-refractivity contribution is -0.138. The Kier molecular flexibility index (Phi) is 6.06. The van der Waals surface area contributed by atoms with E-state index in [9.17, 15) is 45.5 Å². The standard InChI is InChI=1S/C33H16F6O4S2/c1-31(2)23-11-15(9-21-17-5-3-13(32(34,35)36)7-19(17)25(40)27(21)42)44-29(23)30-24(31)12-16(45-30)10-22-18-6-4-14(33(37,38)39)8-20(18)26(41)28(22)43/h3-12H,1-2H3/b21-9-,22-10-. The number of allylic oxidation sites excluding steroid dienone is 2. The summed E-state index contributed by atoms with van der Waals surface area (Å²) in [5.41, 5.74) is -1.00. The van der Waals surface area contributed by atoms with Crippen LogP contribution in [0.3, 0.4) is 0 Å². The first kappa shape index (κ1) is 29.3. The lowest BCUT2D eigenvalue weighted by Crippen LogP contribution is -2.13. The zero-order chi connectivity index (χ0) is 32.4. The summed E-state index contributed by atoms with van der Waals surface area (Å²) in [6.07, 6.45) is -6.33. The molecular weight excluding hydrogens is 638 g/mol. The van der Waals surface area contributed by atoms with Gasteiger partial charge in [-0.1, -0.05) is 26.0 Å². The number of halogens is 6. The average molecular weight is 655 g/mol. The molecule has 0 fully saturated rings. The van der Waals surface area contributed by atoms with Crippen molar-refractivity contribution in [3.63, 3.8) is 0 Å². The first-order valence-corrected chi connectivity index (χ1v) is 14.9. The van der Waals surface area contributed by atoms with Gasteiger partial charge < -0.3 is 0 Å². The minimum atomic E-state index is -4.67. The van der Waals surface area contributed by atoms with Gasteiger partial charge in [-0.2, -0.15) is 26.3 Å². The topological polar surface area (TPSA) is 68.3 Å². The molecule has 2 heterocycles. The van der Waals surface area contributed by atoms with E-state index in [4.69, 9.17) is 0 Å². The van der Waals surface area contributed by atoms with Gasteiger partial charge in [0.05, 0.1) is 11.1 Å². The lowest BCUT2D eigenvalue weighted by Gasteiger charge is -2.19. The summed E-state index contributed by atoms with van der Waals surface area (Å²) in [4.78, 5) is 53.7. The van der Waals surface area contributed by atoms with Crippen LogP contribution in [0.25, 0.3) is 33.1 Å². The van der Waals surface area contributed by atoms with Gasteiger partial charge in [0.25, 0.3) is 0 Å². The molecule has 2 aromatic carbocycles. The second kappa shape index (κ2) is 9.30. The minimum Gasteiger partial charge on any atom is -0.285 e. The smallest absolute Gasteiger partial charge is 0.285 e. The predicted molar refractivity (Wildman–Crippen MR) is 157 cm³/mol. The van der Waals surface area contributed by atoms with E-state index in [2.05, 4.69) is 0 Å². The fraction of sp³-hybridized carbons (Fsp3) is 0.152. The number of carbonyl (C=O) groups is 4. The molecule has 3 aliphatic carbocycles. The highest BCUT2D eigenvalue weighted by molar-refractivity contribution is 7.23. The Morgan fingerprint density at radius 2 is 0.933 bits per heavy atom. The van der Waals surface area contributed by atoms with Crippen molar-refractivity contribution in [1.29, 1.82) is 0 Å². The molecule has 3 aliphatic rings. The van der Waals surface area contributed by atoms with E-state index in [0.29, 0.717) is 21.9 Å². The third kappa shape index (κ3) is 4.33. The van der Waals surface area contributed by atoms with E-state index < -0.39 is 52.0 Å². The molecule has 226 valence electrons. The first-order chi connectivity index (χ1) is 21.0. The molecule has 0 spiro atoms. The van der Waals surface area contributed by atoms with Crippen molar-refractivity contribution < 1.29 is 45.5 Å². The largest absolute Gasteiger partial charge is 0.416 e. The fourth-order valence-electron chi connectivity index (χ4n) is 5.96. The molecule has 0 bridgehead atoms. The van der Waals surface area contributed by atoms with E-state index >= 15 is 0 Å². The Labute approximate surface area is 258 Å². The third-order valence-corrected chi connectivity index (χ3v) is 10.6. The number of hydrogen-bond acceptors (Lipinski definition) is 6. The first-order valence-electron chi connectivity index (χ1n) is 13.3. The maximum atomic E-state index is 13.2. The summed E-state index contributed by atoms with van der Waals surface area (Å²) in [5.74, 6) is -3.77. The van der Waals surface area contributed by atoms with Gasteiger partial charge in [-0.25, -0.2) is 0 Å². The number of fused-ring (bicyclic) bond motifs is 5. The summed E-state index contributed by atoms with van der Waals surface area (Å²) in [7, 11) is 0. The van der Waals surface area contributed by atoms with E-state index in [1.807, 2.05) is 26.0 Å². The van der Waals surface area contributed by atoms with Crippen molar-refractivity contribution in [2.75, 3.05) is 0 Å². The third-order valence-electron chi connectivity index (χ3n) is 8.29. The van der Waals surface area contributed by atoms with Crippen molar-refractivity contribution in [2.24, 2.45) is 0 Å². The molecule has 0 atom stereocenters. The van der Waals surface area contributed by atoms with Crippen LogP contribution < -0.4 is 0 Å². The van der Waals surface area contributed by atoms with Crippen LogP contribution in [0, 0.1) is 0 Å². The van der Waals surface area contributed by atoms with Gasteiger partial charge in [0.15, 0.2) is 0 Å². The van der Waals surface area contributed by atoms with Gasteiger partial charge in [-0.15, -0.1) is 22.7 Å². The van der Waals surface area contributed by atoms with Gasteiger partial charge in [-0.3, -0.25) is 19.2 Å². The van der Waals surface area contributed by atoms with Gasteiger partial charge in [0.2, 0.25) is 23.1 Å². The van der Waals surface area contributed by atoms with Crippen LogP contribution in [0.2, 0.25) is 0 Å². The van der Waals surface area contributed by atoms with Gasteiger partial charge in [0, 0.05) is 47.2 Å². The SMILES string of the molecule is CC1(C)c2cc(/C=C3\C(=O)C(=O)c4cc(C(F)(F)F)ccc43)sc2-c2sc(/C=C3\C(=O)C(=O)c4cc(C(F)(F)F)ccc43)cc21. The molecule has 0 aliphatic heterocycles. The summed E-state index contributed by atoms with van der Waals surface area (Å²) in [5, 5.41) is 0. The number of rotatable bonds is 2. The maximum Gasteiger partial charge on any atom is 0.416 e. The van der Waals surface area contributed by atoms with Crippen LogP contribution in [0.5, 0.6) is 0 Å². The molecule has 45 heavy (non-hydrogen) atoms. The van der Waals surface area contributed by atoms with Crippen LogP contribution in [-0.4, -0.2) is 23.1 Å². The molecule has 0 unspecified atom stereocenters. The fourth-order valence-corrected chi connectivity index (χ4v) is 8.65. The number of ketones is 4. The molecule has 0 radical (unpaired) electrons. The highest BCUT2D eigenvalue weighted by Gasteiger charge is 2.42. The van der Waals surface area contributed by atoms with Crippen LogP contribution in [0.15, 0.2) is 48.5 Å². The van der Waals surface area contributed by atoms with Crippen molar-refractivity contribution in [3.8, 4) is 9.75 Å². The Balaban J connectivity index is 1.26. The number of benzene rings is 2. The molecule has 0 saturated carbocycles. The molecule has 0 N–H and O–H groups in total. The molecule has 7 rings (SSSR count). The van der Waals surface area contributed by atoms with Crippen LogP contribution in [0.1, 0.15) is 77.7 Å². The lowest BCUT2D eigenvalue weighted by atomic mass is 9.83. The monoisotopic (exact) mass is 654 g/mol. The Hall–Kier alpha value is -4.42. The van der Waals surface area contributed by atoms with Crippen molar-refractivity contribution in [1.82, 2.24) is 0 Å². The number of carbonyl (C=O) groups excluding carboxylic acids is 4. The maximum absolute atomic E-state index is 13.2. The van der Waals surface area contributed by atoms with Crippen LogP contribution in [-0.2, 0) is 27.4 Å². The molecule has 0 saturated heterocycles. The Bertz CT molecular complexity index is 1990. The molecule has 4 aromatic rings. The van der Waals surface area contributed by atoms with Crippen molar-refractivity contribution >= 4 is 69.1 Å². The molecule has 4 nitrogen and oxygen atoms in total. The Morgan fingerprint density at radius 3 is 1.29 bits per heavy atom. The number of Topliss-reactive ketones (excluding diaryl/α,β-unsaturated/α-hetero) is 4. The van der Waals surface area contributed by atoms with Gasteiger partial charge in [-0.05, 0) is 70.8 Å². The average Bonchev–Trinajstić information content (AvgIpc) is 3.73. The number of hydrogen-bond donors (Lipinski definition) is 0. The second-order valence-electron chi connectivity index (χ2n) is 11.4. The van der Waals surface area contributed by atoms with E-state index in [0.717, 1.165) is 45.1 Å². The van der Waals surface area contributed by atoms with Crippen molar-refractivity contribution in [3.05, 3.63) is 103 Å². The number of thiophene rings is 2.